The van der Waals surface area contributed by atoms with Crippen molar-refractivity contribution >= 4 is 5.91 Å². The second-order valence-corrected chi connectivity index (χ2v) is 7.09. The molecule has 2 N–H and O–H groups in total. The predicted molar refractivity (Wildman–Crippen MR) is 119 cm³/mol. The molecule has 150 valence electrons. The molecule has 0 saturated carbocycles. The van der Waals surface area contributed by atoms with Crippen LogP contribution in [0.2, 0.25) is 0 Å². The zero-order valence-corrected chi connectivity index (χ0v) is 17.0. The summed E-state index contributed by atoms with van der Waals surface area (Å²) in [6.45, 7) is 2.70. The first-order chi connectivity index (χ1) is 14.7. The van der Waals surface area contributed by atoms with Crippen LogP contribution in [0.3, 0.4) is 0 Å². The topological polar surface area (TPSA) is 64.9 Å². The zero-order chi connectivity index (χ0) is 21.2. The molecule has 30 heavy (non-hydrogen) atoms. The van der Waals surface area contributed by atoms with Gasteiger partial charge in [0, 0.05) is 12.7 Å². The van der Waals surface area contributed by atoms with Gasteiger partial charge in [-0.25, -0.2) is 0 Å². The molecule has 3 rings (SSSR count). The molecular weight excluding hydrogens is 370 g/mol. The first kappa shape index (κ1) is 20.9. The molecule has 4 nitrogen and oxygen atoms in total. The minimum absolute atomic E-state index is 0.0516. The van der Waals surface area contributed by atoms with Gasteiger partial charge in [0.2, 0.25) is 0 Å². The fraction of sp³-hybridized carbons (Fsp3) is 0.154. The Hall–Kier alpha value is -3.84. The maximum absolute atomic E-state index is 12.8. The molecule has 0 heterocycles. The van der Waals surface area contributed by atoms with Crippen molar-refractivity contribution in [3.63, 3.8) is 0 Å². The van der Waals surface area contributed by atoms with Crippen LogP contribution >= 0.6 is 0 Å². The van der Waals surface area contributed by atoms with Crippen LogP contribution in [0.5, 0.6) is 0 Å². The van der Waals surface area contributed by atoms with E-state index < -0.39 is 5.91 Å². The van der Waals surface area contributed by atoms with Crippen LogP contribution in [0.1, 0.15) is 28.3 Å². The summed E-state index contributed by atoms with van der Waals surface area (Å²) in [6.07, 6.45) is 2.31. The van der Waals surface area contributed by atoms with E-state index in [0.29, 0.717) is 6.54 Å². The molecule has 0 bridgehead atoms. The number of nitrogens with zero attached hydrogens (tertiary/aromatic N) is 1. The first-order valence-corrected chi connectivity index (χ1v) is 9.97. The summed E-state index contributed by atoms with van der Waals surface area (Å²) < 4.78 is 0. The number of hydrogen-bond acceptors (Lipinski definition) is 3. The van der Waals surface area contributed by atoms with Gasteiger partial charge in [0.1, 0.15) is 11.6 Å². The van der Waals surface area contributed by atoms with Crippen LogP contribution in [0, 0.1) is 18.3 Å². The lowest BCUT2D eigenvalue weighted by molar-refractivity contribution is -0.117. The summed E-state index contributed by atoms with van der Waals surface area (Å²) >= 11 is 0. The number of carbonyl (C=O) groups is 1. The van der Waals surface area contributed by atoms with E-state index in [1.807, 2.05) is 66.7 Å². The third-order valence-electron chi connectivity index (χ3n) is 4.83. The Morgan fingerprint density at radius 2 is 1.50 bits per heavy atom. The van der Waals surface area contributed by atoms with Gasteiger partial charge in [0.25, 0.3) is 5.91 Å². The molecule has 1 amide bonds. The van der Waals surface area contributed by atoms with E-state index in [9.17, 15) is 10.1 Å². The van der Waals surface area contributed by atoms with Gasteiger partial charge in [0.15, 0.2) is 0 Å². The summed E-state index contributed by atoms with van der Waals surface area (Å²) in [5.74, 6) is -0.405. The summed E-state index contributed by atoms with van der Waals surface area (Å²) in [5.41, 5.74) is 4.40. The molecule has 3 aromatic carbocycles. The number of aryl methyl sites for hydroxylation is 1. The molecule has 0 aliphatic heterocycles. The van der Waals surface area contributed by atoms with E-state index in [1.54, 1.807) is 0 Å². The molecule has 0 spiro atoms. The SMILES string of the molecule is Cc1ccc(CCN/C=C(/C#N)C(=O)NC(c2ccccc2)c2ccccc2)cc1. The Morgan fingerprint density at radius 3 is 2.03 bits per heavy atom. The van der Waals surface area contributed by atoms with Crippen molar-refractivity contribution in [3.05, 3.63) is 119 Å². The number of hydrogen-bond donors (Lipinski definition) is 2. The van der Waals surface area contributed by atoms with Gasteiger partial charge in [-0.15, -0.1) is 0 Å². The second kappa shape index (κ2) is 10.6. The number of nitrogens with one attached hydrogen (secondary N) is 2. The Morgan fingerprint density at radius 1 is 0.933 bits per heavy atom. The smallest absolute Gasteiger partial charge is 0.264 e. The molecule has 0 atom stereocenters. The van der Waals surface area contributed by atoms with Gasteiger partial charge >= 0.3 is 0 Å². The highest BCUT2D eigenvalue weighted by Gasteiger charge is 2.19. The largest absolute Gasteiger partial charge is 0.389 e. The highest BCUT2D eigenvalue weighted by atomic mass is 16.1. The van der Waals surface area contributed by atoms with Crippen LogP contribution in [0.15, 0.2) is 96.7 Å². The maximum atomic E-state index is 12.8. The van der Waals surface area contributed by atoms with Gasteiger partial charge in [-0.2, -0.15) is 5.26 Å². The number of nitriles is 1. The lowest BCUT2D eigenvalue weighted by Crippen LogP contribution is -2.31. The average molecular weight is 396 g/mol. The van der Waals surface area contributed by atoms with Crippen molar-refractivity contribution in [2.24, 2.45) is 0 Å². The van der Waals surface area contributed by atoms with Gasteiger partial charge in [-0.1, -0.05) is 90.5 Å². The third-order valence-corrected chi connectivity index (χ3v) is 4.83. The molecule has 0 aliphatic rings. The molecule has 0 aliphatic carbocycles. The second-order valence-electron chi connectivity index (χ2n) is 7.09. The monoisotopic (exact) mass is 395 g/mol. The average Bonchev–Trinajstić information content (AvgIpc) is 2.79. The van der Waals surface area contributed by atoms with Crippen LogP contribution in [-0.2, 0) is 11.2 Å². The van der Waals surface area contributed by atoms with Crippen LogP contribution < -0.4 is 10.6 Å². The van der Waals surface area contributed by atoms with Crippen molar-refractivity contribution in [2.75, 3.05) is 6.54 Å². The van der Waals surface area contributed by atoms with E-state index in [4.69, 9.17) is 0 Å². The van der Waals surface area contributed by atoms with E-state index in [2.05, 4.69) is 41.8 Å². The number of rotatable bonds is 8. The van der Waals surface area contributed by atoms with E-state index in [0.717, 1.165) is 17.5 Å². The van der Waals surface area contributed by atoms with E-state index in [1.165, 1.54) is 17.3 Å². The number of benzene rings is 3. The number of carbonyl (C=O) groups excluding carboxylic acids is 1. The van der Waals surface area contributed by atoms with Crippen molar-refractivity contribution in [1.82, 2.24) is 10.6 Å². The lowest BCUT2D eigenvalue weighted by Gasteiger charge is -2.19. The molecule has 0 fully saturated rings. The maximum Gasteiger partial charge on any atom is 0.264 e. The van der Waals surface area contributed by atoms with Crippen molar-refractivity contribution in [1.29, 1.82) is 5.26 Å². The molecule has 0 saturated heterocycles. The summed E-state index contributed by atoms with van der Waals surface area (Å²) in [4.78, 5) is 12.8. The highest BCUT2D eigenvalue weighted by Crippen LogP contribution is 2.22. The molecule has 3 aromatic rings. The molecule has 0 aromatic heterocycles. The normalized spacial score (nSPS) is 11.0. The Kier molecular flexibility index (Phi) is 7.40. The quantitative estimate of drug-likeness (QED) is 0.337. The fourth-order valence-electron chi connectivity index (χ4n) is 3.15. The van der Waals surface area contributed by atoms with Crippen molar-refractivity contribution in [3.8, 4) is 6.07 Å². The third kappa shape index (κ3) is 5.83. The van der Waals surface area contributed by atoms with Crippen LogP contribution in [0.4, 0.5) is 0 Å². The van der Waals surface area contributed by atoms with E-state index in [-0.39, 0.29) is 11.6 Å². The standard InChI is InChI=1S/C26H25N3O/c1-20-12-14-21(15-13-20)16-17-28-19-24(18-27)26(30)29-25(22-8-4-2-5-9-22)23-10-6-3-7-11-23/h2-15,19,25,28H,16-17H2,1H3,(H,29,30)/b24-19-. The van der Waals surface area contributed by atoms with Crippen molar-refractivity contribution in [2.45, 2.75) is 19.4 Å². The Balaban J connectivity index is 1.66. The van der Waals surface area contributed by atoms with Gasteiger partial charge < -0.3 is 10.6 Å². The first-order valence-electron chi connectivity index (χ1n) is 9.97. The van der Waals surface area contributed by atoms with Gasteiger partial charge in [-0.3, -0.25) is 4.79 Å². The molecular formula is C26H25N3O. The van der Waals surface area contributed by atoms with Gasteiger partial charge in [-0.05, 0) is 30.0 Å². The summed E-state index contributed by atoms with van der Waals surface area (Å²) in [5, 5.41) is 15.6. The summed E-state index contributed by atoms with van der Waals surface area (Å²) in [6, 6.07) is 29.5. The van der Waals surface area contributed by atoms with Gasteiger partial charge in [0.05, 0.1) is 6.04 Å². The van der Waals surface area contributed by atoms with Crippen LogP contribution in [0.25, 0.3) is 0 Å². The molecule has 0 unspecified atom stereocenters. The minimum Gasteiger partial charge on any atom is -0.389 e. The summed E-state index contributed by atoms with van der Waals surface area (Å²) in [7, 11) is 0. The molecule has 4 heteroatoms. The Bertz CT molecular complexity index is 980. The zero-order valence-electron chi connectivity index (χ0n) is 17.0. The number of amides is 1. The fourth-order valence-corrected chi connectivity index (χ4v) is 3.15. The predicted octanol–water partition coefficient (Wildman–Crippen LogP) is 4.44. The highest BCUT2D eigenvalue weighted by molar-refractivity contribution is 5.97. The van der Waals surface area contributed by atoms with Crippen LogP contribution in [-0.4, -0.2) is 12.5 Å². The van der Waals surface area contributed by atoms with E-state index >= 15 is 0 Å². The Labute approximate surface area is 177 Å². The minimum atomic E-state index is -0.405. The van der Waals surface area contributed by atoms with Crippen molar-refractivity contribution < 1.29 is 4.79 Å². The molecule has 0 radical (unpaired) electrons. The lowest BCUT2D eigenvalue weighted by atomic mass is 9.98.